The average molecular weight is 191 g/mol. The van der Waals surface area contributed by atoms with Crippen LogP contribution < -0.4 is 4.90 Å². The maximum Gasteiger partial charge on any atom is 0.229 e. The Morgan fingerprint density at radius 2 is 1.93 bits per heavy atom. The average Bonchev–Trinajstić information content (AvgIpc) is 2.27. The van der Waals surface area contributed by atoms with Crippen molar-refractivity contribution in [3.8, 4) is 0 Å². The molecule has 2 nitrogen and oxygen atoms in total. The van der Waals surface area contributed by atoms with Gasteiger partial charge < -0.3 is 4.90 Å². The van der Waals surface area contributed by atoms with Gasteiger partial charge in [-0.15, -0.1) is 0 Å². The van der Waals surface area contributed by atoms with Crippen LogP contribution in [0.5, 0.6) is 0 Å². The van der Waals surface area contributed by atoms with Crippen LogP contribution in [0.1, 0.15) is 20.3 Å². The highest BCUT2D eigenvalue weighted by atomic mass is 16.2. The highest BCUT2D eigenvalue weighted by Gasteiger charge is 2.16. The molecule has 14 heavy (non-hydrogen) atoms. The number of rotatable bonds is 3. The molecule has 0 spiro atoms. The molecule has 1 rings (SSSR count). The van der Waals surface area contributed by atoms with Crippen molar-refractivity contribution >= 4 is 11.6 Å². The molecule has 0 aliphatic rings. The third-order valence-electron chi connectivity index (χ3n) is 2.51. The van der Waals surface area contributed by atoms with Crippen LogP contribution in [-0.4, -0.2) is 13.0 Å². The number of hydrogen-bond acceptors (Lipinski definition) is 1. The first-order valence-corrected chi connectivity index (χ1v) is 4.99. The molecule has 0 aliphatic heterocycles. The first kappa shape index (κ1) is 10.8. The highest BCUT2D eigenvalue weighted by Crippen LogP contribution is 2.15. The molecule has 0 saturated carbocycles. The summed E-state index contributed by atoms with van der Waals surface area (Å²) in [5, 5.41) is 0. The van der Waals surface area contributed by atoms with Gasteiger partial charge in [0.25, 0.3) is 0 Å². The normalized spacial score (nSPS) is 12.2. The number of benzene rings is 1. The van der Waals surface area contributed by atoms with Crippen LogP contribution in [0.4, 0.5) is 5.69 Å². The quantitative estimate of drug-likeness (QED) is 0.719. The summed E-state index contributed by atoms with van der Waals surface area (Å²) >= 11 is 0. The third kappa shape index (κ3) is 2.34. The molecule has 76 valence electrons. The molecule has 0 N–H and O–H groups in total. The lowest BCUT2D eigenvalue weighted by Crippen LogP contribution is -2.31. The number of anilines is 1. The molecule has 0 bridgehead atoms. The second-order valence-corrected chi connectivity index (χ2v) is 3.54. The van der Waals surface area contributed by atoms with Crippen LogP contribution in [0.2, 0.25) is 0 Å². The molecule has 1 atom stereocenters. The number of nitrogens with zero attached hydrogens (tertiary/aromatic N) is 1. The lowest BCUT2D eigenvalue weighted by molar-refractivity contribution is -0.121. The van der Waals surface area contributed by atoms with Crippen molar-refractivity contribution in [2.24, 2.45) is 5.92 Å². The van der Waals surface area contributed by atoms with E-state index in [1.165, 1.54) is 0 Å². The maximum absolute atomic E-state index is 11.8. The van der Waals surface area contributed by atoms with Gasteiger partial charge in [-0.1, -0.05) is 32.0 Å². The highest BCUT2D eigenvalue weighted by molar-refractivity contribution is 5.94. The Labute approximate surface area is 85.5 Å². The van der Waals surface area contributed by atoms with Crippen molar-refractivity contribution in [2.45, 2.75) is 20.3 Å². The van der Waals surface area contributed by atoms with E-state index in [9.17, 15) is 4.79 Å². The number of para-hydroxylation sites is 1. The fourth-order valence-electron chi connectivity index (χ4n) is 1.28. The second kappa shape index (κ2) is 4.80. The topological polar surface area (TPSA) is 20.3 Å². The fourth-order valence-corrected chi connectivity index (χ4v) is 1.28. The van der Waals surface area contributed by atoms with E-state index in [2.05, 4.69) is 0 Å². The fraction of sp³-hybridized carbons (Fsp3) is 0.417. The number of amides is 1. The first-order valence-electron chi connectivity index (χ1n) is 4.99. The van der Waals surface area contributed by atoms with Crippen LogP contribution in [0.3, 0.4) is 0 Å². The molecule has 0 saturated heterocycles. The summed E-state index contributed by atoms with van der Waals surface area (Å²) in [6.45, 7) is 3.99. The zero-order chi connectivity index (χ0) is 10.6. The zero-order valence-electron chi connectivity index (χ0n) is 9.03. The number of carbonyl (C=O) groups excluding carboxylic acids is 1. The van der Waals surface area contributed by atoms with E-state index in [0.29, 0.717) is 0 Å². The van der Waals surface area contributed by atoms with Gasteiger partial charge in [-0.05, 0) is 18.6 Å². The minimum absolute atomic E-state index is 0.0974. The molecule has 1 unspecified atom stereocenters. The van der Waals surface area contributed by atoms with Crippen molar-refractivity contribution in [1.29, 1.82) is 0 Å². The molecule has 0 aliphatic carbocycles. The standard InChI is InChI=1S/C12H17NO/c1-4-10(2)12(14)13(3)11-8-6-5-7-9-11/h5-10H,4H2,1-3H3. The SMILES string of the molecule is CCC(C)C(=O)N(C)c1ccccc1. The van der Waals surface area contributed by atoms with Crippen molar-refractivity contribution < 1.29 is 4.79 Å². The van der Waals surface area contributed by atoms with Crippen LogP contribution >= 0.6 is 0 Å². The van der Waals surface area contributed by atoms with E-state index in [1.54, 1.807) is 4.90 Å². The van der Waals surface area contributed by atoms with E-state index in [4.69, 9.17) is 0 Å². The van der Waals surface area contributed by atoms with Gasteiger partial charge in [0.05, 0.1) is 0 Å². The predicted octanol–water partition coefficient (Wildman–Crippen LogP) is 2.70. The van der Waals surface area contributed by atoms with Crippen molar-refractivity contribution in [2.75, 3.05) is 11.9 Å². The lowest BCUT2D eigenvalue weighted by Gasteiger charge is -2.20. The van der Waals surface area contributed by atoms with Gasteiger partial charge in [0.2, 0.25) is 5.91 Å². The van der Waals surface area contributed by atoms with Gasteiger partial charge in [-0.2, -0.15) is 0 Å². The summed E-state index contributed by atoms with van der Waals surface area (Å²) in [7, 11) is 1.82. The van der Waals surface area contributed by atoms with Crippen LogP contribution in [-0.2, 0) is 4.79 Å². The minimum atomic E-state index is 0.0974. The summed E-state index contributed by atoms with van der Waals surface area (Å²) in [4.78, 5) is 13.5. The molecule has 2 heteroatoms. The second-order valence-electron chi connectivity index (χ2n) is 3.54. The van der Waals surface area contributed by atoms with Gasteiger partial charge in [0.1, 0.15) is 0 Å². The van der Waals surface area contributed by atoms with Gasteiger partial charge >= 0.3 is 0 Å². The molecule has 0 heterocycles. The Bertz CT molecular complexity index is 294. The molecule has 1 aromatic carbocycles. The molecular formula is C12H17NO. The van der Waals surface area contributed by atoms with Gasteiger partial charge in [-0.3, -0.25) is 4.79 Å². The van der Waals surface area contributed by atoms with E-state index in [-0.39, 0.29) is 11.8 Å². The van der Waals surface area contributed by atoms with E-state index < -0.39 is 0 Å². The number of carbonyl (C=O) groups is 1. The van der Waals surface area contributed by atoms with E-state index >= 15 is 0 Å². The Kier molecular flexibility index (Phi) is 3.69. The molecule has 0 aromatic heterocycles. The predicted molar refractivity (Wildman–Crippen MR) is 59.3 cm³/mol. The van der Waals surface area contributed by atoms with Crippen molar-refractivity contribution in [3.63, 3.8) is 0 Å². The Balaban J connectivity index is 2.76. The first-order chi connectivity index (χ1) is 6.66. The lowest BCUT2D eigenvalue weighted by atomic mass is 10.1. The Morgan fingerprint density at radius 3 is 2.43 bits per heavy atom. The number of hydrogen-bond donors (Lipinski definition) is 0. The summed E-state index contributed by atoms with van der Waals surface area (Å²) in [6, 6.07) is 9.72. The third-order valence-corrected chi connectivity index (χ3v) is 2.51. The van der Waals surface area contributed by atoms with Gasteiger partial charge in [0, 0.05) is 18.7 Å². The van der Waals surface area contributed by atoms with Crippen LogP contribution in [0.25, 0.3) is 0 Å². The van der Waals surface area contributed by atoms with E-state index in [1.807, 2.05) is 51.2 Å². The van der Waals surface area contributed by atoms with Crippen molar-refractivity contribution in [3.05, 3.63) is 30.3 Å². The zero-order valence-corrected chi connectivity index (χ0v) is 9.03. The minimum Gasteiger partial charge on any atom is -0.315 e. The van der Waals surface area contributed by atoms with Crippen LogP contribution in [0.15, 0.2) is 30.3 Å². The summed E-state index contributed by atoms with van der Waals surface area (Å²) in [5.41, 5.74) is 0.956. The summed E-state index contributed by atoms with van der Waals surface area (Å²) in [6.07, 6.45) is 0.885. The summed E-state index contributed by atoms with van der Waals surface area (Å²) in [5.74, 6) is 0.277. The molecule has 0 radical (unpaired) electrons. The maximum atomic E-state index is 11.8. The van der Waals surface area contributed by atoms with Gasteiger partial charge in [0.15, 0.2) is 0 Å². The van der Waals surface area contributed by atoms with Gasteiger partial charge in [-0.25, -0.2) is 0 Å². The molecule has 0 fully saturated rings. The molecular weight excluding hydrogens is 174 g/mol. The largest absolute Gasteiger partial charge is 0.315 e. The summed E-state index contributed by atoms with van der Waals surface area (Å²) < 4.78 is 0. The van der Waals surface area contributed by atoms with E-state index in [0.717, 1.165) is 12.1 Å². The van der Waals surface area contributed by atoms with Crippen LogP contribution in [0, 0.1) is 5.92 Å². The molecule has 1 aromatic rings. The Hall–Kier alpha value is -1.31. The van der Waals surface area contributed by atoms with Crippen molar-refractivity contribution in [1.82, 2.24) is 0 Å². The smallest absolute Gasteiger partial charge is 0.229 e. The monoisotopic (exact) mass is 191 g/mol. The Morgan fingerprint density at radius 1 is 1.36 bits per heavy atom. The molecule has 1 amide bonds.